The lowest BCUT2D eigenvalue weighted by atomic mass is 9.95. The van der Waals surface area contributed by atoms with Crippen LogP contribution in [-0.4, -0.2) is 33.0 Å². The number of hydrogen-bond acceptors (Lipinski definition) is 5. The molecule has 0 saturated carbocycles. The number of fused-ring (bicyclic) bond motifs is 2. The number of amides is 2. The van der Waals surface area contributed by atoms with Crippen molar-refractivity contribution >= 4 is 11.8 Å². The first-order valence-electron chi connectivity index (χ1n) is 10.3. The zero-order valence-corrected chi connectivity index (χ0v) is 17.1. The molecule has 3 aromatic rings. The van der Waals surface area contributed by atoms with Crippen LogP contribution in [-0.2, 0) is 26.4 Å². The molecule has 0 bridgehead atoms. The third-order valence-electron chi connectivity index (χ3n) is 6.18. The van der Waals surface area contributed by atoms with E-state index in [1.165, 1.54) is 22.5 Å². The molecule has 2 aliphatic rings. The van der Waals surface area contributed by atoms with Crippen LogP contribution in [0.25, 0.3) is 0 Å². The van der Waals surface area contributed by atoms with Crippen molar-refractivity contribution in [2.24, 2.45) is 7.05 Å². The number of nitrogens with one attached hydrogen (secondary N) is 1. The Morgan fingerprint density at radius 2 is 2.00 bits per heavy atom. The maximum Gasteiger partial charge on any atom is 0.276 e. The van der Waals surface area contributed by atoms with E-state index in [0.717, 1.165) is 29.5 Å². The number of rotatable bonds is 3. The summed E-state index contributed by atoms with van der Waals surface area (Å²) in [5.41, 5.74) is 3.96. The second kappa shape index (κ2) is 7.54. The average Bonchev–Trinajstić information content (AvgIpc) is 3.44. The van der Waals surface area contributed by atoms with Crippen LogP contribution in [0.3, 0.4) is 0 Å². The molecular formula is C23H22N4O4. The van der Waals surface area contributed by atoms with Crippen molar-refractivity contribution in [1.82, 2.24) is 19.9 Å². The van der Waals surface area contributed by atoms with Crippen LogP contribution in [0.1, 0.15) is 55.6 Å². The summed E-state index contributed by atoms with van der Waals surface area (Å²) in [4.78, 5) is 40.4. The first-order valence-corrected chi connectivity index (χ1v) is 10.3. The smallest absolute Gasteiger partial charge is 0.276 e. The van der Waals surface area contributed by atoms with E-state index < -0.39 is 0 Å². The van der Waals surface area contributed by atoms with Crippen molar-refractivity contribution < 1.29 is 14.1 Å². The van der Waals surface area contributed by atoms with E-state index in [9.17, 15) is 14.4 Å². The van der Waals surface area contributed by atoms with E-state index in [0.29, 0.717) is 19.5 Å². The molecule has 1 N–H and O–H groups in total. The maximum atomic E-state index is 13.2. The van der Waals surface area contributed by atoms with Crippen LogP contribution in [0, 0.1) is 0 Å². The predicted octanol–water partition coefficient (Wildman–Crippen LogP) is 1.99. The molecule has 1 atom stereocenters. The zero-order chi connectivity index (χ0) is 21.5. The molecule has 1 aromatic carbocycles. The molecule has 158 valence electrons. The quantitative estimate of drug-likeness (QED) is 0.702. The number of carbonyl (C=O) groups is 2. The van der Waals surface area contributed by atoms with Gasteiger partial charge < -0.3 is 19.3 Å². The summed E-state index contributed by atoms with van der Waals surface area (Å²) in [6, 6.07) is 9.49. The Balaban J connectivity index is 1.44. The monoisotopic (exact) mass is 418 g/mol. The summed E-state index contributed by atoms with van der Waals surface area (Å²) >= 11 is 0. The minimum absolute atomic E-state index is 0.0990. The van der Waals surface area contributed by atoms with Gasteiger partial charge in [-0.05, 0) is 41.5 Å². The van der Waals surface area contributed by atoms with Gasteiger partial charge in [0.2, 0.25) is 0 Å². The van der Waals surface area contributed by atoms with Gasteiger partial charge in [-0.15, -0.1) is 0 Å². The maximum absolute atomic E-state index is 13.2. The lowest BCUT2D eigenvalue weighted by Crippen LogP contribution is -2.41. The van der Waals surface area contributed by atoms with Crippen molar-refractivity contribution in [3.63, 3.8) is 0 Å². The molecule has 2 amide bonds. The molecule has 1 aliphatic heterocycles. The third kappa shape index (κ3) is 3.34. The number of carbonyl (C=O) groups excluding carboxylic acids is 2. The Morgan fingerprint density at radius 3 is 2.81 bits per heavy atom. The van der Waals surface area contributed by atoms with E-state index in [-0.39, 0.29) is 34.7 Å². The molecule has 1 aliphatic carbocycles. The highest BCUT2D eigenvalue weighted by atomic mass is 16.5. The molecule has 8 nitrogen and oxygen atoms in total. The Kier molecular flexibility index (Phi) is 4.69. The second-order valence-corrected chi connectivity index (χ2v) is 8.05. The minimum Gasteiger partial charge on any atom is -0.364 e. The van der Waals surface area contributed by atoms with E-state index in [2.05, 4.69) is 16.5 Å². The number of nitrogens with zero attached hydrogens (tertiary/aromatic N) is 3. The molecule has 5 rings (SSSR count). The zero-order valence-electron chi connectivity index (χ0n) is 17.1. The average molecular weight is 418 g/mol. The van der Waals surface area contributed by atoms with Gasteiger partial charge in [0.15, 0.2) is 5.69 Å². The number of aryl methyl sites for hydroxylation is 2. The van der Waals surface area contributed by atoms with E-state index in [4.69, 9.17) is 4.52 Å². The topological polar surface area (TPSA) is 97.4 Å². The van der Waals surface area contributed by atoms with E-state index >= 15 is 0 Å². The summed E-state index contributed by atoms with van der Waals surface area (Å²) in [6.45, 7) is 0.708. The largest absolute Gasteiger partial charge is 0.364 e. The summed E-state index contributed by atoms with van der Waals surface area (Å²) in [5, 5.41) is 6.79. The Morgan fingerprint density at radius 1 is 1.16 bits per heavy atom. The van der Waals surface area contributed by atoms with Gasteiger partial charge in [0.25, 0.3) is 17.4 Å². The molecule has 1 unspecified atom stereocenters. The number of aromatic nitrogens is 2. The standard InChI is InChI=1S/C23H22N4O4/c1-26-12-15-13-27(22(29)19-9-11-31-25-19)10-8-17(15)20(23(26)30)21(28)24-18-7-6-14-4-2-3-5-16(14)18/h2-5,9,11-12,18H,6-8,10,13H2,1H3,(H,24,28). The van der Waals surface area contributed by atoms with Crippen molar-refractivity contribution in [2.45, 2.75) is 31.8 Å². The van der Waals surface area contributed by atoms with Crippen molar-refractivity contribution in [2.75, 3.05) is 6.54 Å². The normalized spacial score (nSPS) is 17.2. The fourth-order valence-electron chi connectivity index (χ4n) is 4.62. The fraction of sp³-hybridized carbons (Fsp3) is 0.304. The van der Waals surface area contributed by atoms with Crippen molar-refractivity contribution in [3.8, 4) is 0 Å². The molecule has 8 heteroatoms. The van der Waals surface area contributed by atoms with Crippen LogP contribution < -0.4 is 10.9 Å². The summed E-state index contributed by atoms with van der Waals surface area (Å²) in [7, 11) is 1.63. The Bertz CT molecular complexity index is 1230. The summed E-state index contributed by atoms with van der Waals surface area (Å²) in [5.74, 6) is -0.586. The van der Waals surface area contributed by atoms with Gasteiger partial charge in [0.1, 0.15) is 11.8 Å². The summed E-state index contributed by atoms with van der Waals surface area (Å²) in [6.07, 6.45) is 5.23. The van der Waals surface area contributed by atoms with Gasteiger partial charge in [-0.2, -0.15) is 0 Å². The first kappa shape index (κ1) is 19.3. The number of benzene rings is 1. The Labute approximate surface area is 178 Å². The molecule has 0 saturated heterocycles. The Hall–Kier alpha value is -3.68. The highest BCUT2D eigenvalue weighted by Gasteiger charge is 2.31. The van der Waals surface area contributed by atoms with Gasteiger partial charge >= 0.3 is 0 Å². The van der Waals surface area contributed by atoms with Crippen LogP contribution in [0.5, 0.6) is 0 Å². The van der Waals surface area contributed by atoms with Crippen molar-refractivity contribution in [3.05, 3.63) is 86.7 Å². The molecule has 2 aromatic heterocycles. The van der Waals surface area contributed by atoms with Crippen LogP contribution in [0.4, 0.5) is 0 Å². The molecule has 0 spiro atoms. The molecular weight excluding hydrogens is 396 g/mol. The molecule has 0 radical (unpaired) electrons. The van der Waals surface area contributed by atoms with Crippen molar-refractivity contribution in [1.29, 1.82) is 0 Å². The predicted molar refractivity (Wildman–Crippen MR) is 112 cm³/mol. The van der Waals surface area contributed by atoms with Gasteiger partial charge in [-0.3, -0.25) is 14.4 Å². The summed E-state index contributed by atoms with van der Waals surface area (Å²) < 4.78 is 6.19. The number of hydrogen-bond donors (Lipinski definition) is 1. The third-order valence-corrected chi connectivity index (χ3v) is 6.18. The minimum atomic E-state index is -0.351. The second-order valence-electron chi connectivity index (χ2n) is 8.05. The van der Waals surface area contributed by atoms with Gasteiger partial charge in [0.05, 0.1) is 6.04 Å². The highest BCUT2D eigenvalue weighted by molar-refractivity contribution is 5.96. The van der Waals surface area contributed by atoms with E-state index in [1.807, 2.05) is 18.2 Å². The highest BCUT2D eigenvalue weighted by Crippen LogP contribution is 2.31. The lowest BCUT2D eigenvalue weighted by Gasteiger charge is -2.29. The van der Waals surface area contributed by atoms with Crippen LogP contribution in [0.15, 0.2) is 52.1 Å². The fourth-order valence-corrected chi connectivity index (χ4v) is 4.62. The lowest BCUT2D eigenvalue weighted by molar-refractivity contribution is 0.0723. The van der Waals surface area contributed by atoms with Gasteiger partial charge in [-0.1, -0.05) is 29.4 Å². The van der Waals surface area contributed by atoms with Gasteiger partial charge in [0, 0.05) is 32.4 Å². The van der Waals surface area contributed by atoms with Crippen LogP contribution >= 0.6 is 0 Å². The molecule has 0 fully saturated rings. The number of pyridine rings is 1. The van der Waals surface area contributed by atoms with Gasteiger partial charge in [-0.25, -0.2) is 0 Å². The molecule has 31 heavy (non-hydrogen) atoms. The molecule has 3 heterocycles. The van der Waals surface area contributed by atoms with Crippen LogP contribution in [0.2, 0.25) is 0 Å². The van der Waals surface area contributed by atoms with E-state index in [1.54, 1.807) is 18.1 Å². The first-order chi connectivity index (χ1) is 15.0. The SMILES string of the molecule is Cn1cc2c(c(C(=O)NC3CCc4ccccc43)c1=O)CCN(C(=O)c1ccon1)C2.